The minimum absolute atomic E-state index is 0.0962. The first-order valence-electron chi connectivity index (χ1n) is 26.4. The maximum Gasteiger partial charge on any atom is 0.220 e. The average molecular weight is 887 g/mol. The van der Waals surface area contributed by atoms with E-state index in [9.17, 15) is 4.79 Å². The zero-order chi connectivity index (χ0) is 44.9. The van der Waals surface area contributed by atoms with Crippen molar-refractivity contribution in [1.29, 1.82) is 0 Å². The molecule has 0 bridgehead atoms. The highest BCUT2D eigenvalue weighted by Crippen LogP contribution is 2.40. The van der Waals surface area contributed by atoms with Crippen molar-refractivity contribution < 1.29 is 19.0 Å². The van der Waals surface area contributed by atoms with Crippen LogP contribution >= 0.6 is 11.8 Å². The second-order valence-electron chi connectivity index (χ2n) is 18.4. The van der Waals surface area contributed by atoms with Gasteiger partial charge >= 0.3 is 0 Å². The summed E-state index contributed by atoms with van der Waals surface area (Å²) < 4.78 is 20.3. The maximum atomic E-state index is 11.8. The van der Waals surface area contributed by atoms with Crippen LogP contribution in [0.25, 0.3) is 0 Å². The lowest BCUT2D eigenvalue weighted by atomic mass is 9.98. The van der Waals surface area contributed by atoms with Crippen LogP contribution in [-0.4, -0.2) is 81.2 Å². The van der Waals surface area contributed by atoms with E-state index in [0.29, 0.717) is 6.42 Å². The van der Waals surface area contributed by atoms with Gasteiger partial charge in [0.1, 0.15) is 0 Å². The fraction of sp³-hybridized carbons (Fsp3) is 0.836. The van der Waals surface area contributed by atoms with Crippen LogP contribution in [0.1, 0.15) is 226 Å². The van der Waals surface area contributed by atoms with Gasteiger partial charge in [-0.1, -0.05) is 152 Å². The van der Waals surface area contributed by atoms with Gasteiger partial charge in [0.15, 0.2) is 5.79 Å². The van der Waals surface area contributed by atoms with Crippen LogP contribution in [0.15, 0.2) is 48.6 Å². The van der Waals surface area contributed by atoms with Gasteiger partial charge in [-0.05, 0) is 123 Å². The number of carbonyl (C=O) groups excluding carboxylic acids is 1. The SMILES string of the molecule is CCCCCC=CCC=CCCCCCCCCC1(CCCCCCCCC=CCC=CCCCCC)OC(CCOCCCCCCNC(=O)CCSC)C(CCN(C)C)O1. The van der Waals surface area contributed by atoms with Crippen LogP contribution in [0.4, 0.5) is 0 Å². The summed E-state index contributed by atoms with van der Waals surface area (Å²) in [4.78, 5) is 14.1. The fourth-order valence-electron chi connectivity index (χ4n) is 8.23. The number of hydrogen-bond acceptors (Lipinski definition) is 6. The summed E-state index contributed by atoms with van der Waals surface area (Å²) in [6, 6.07) is 0. The van der Waals surface area contributed by atoms with Gasteiger partial charge in [-0.3, -0.25) is 4.79 Å². The molecule has 0 aromatic carbocycles. The Bertz CT molecular complexity index is 1040. The quantitative estimate of drug-likeness (QED) is 0.0485. The molecule has 6 nitrogen and oxygen atoms in total. The van der Waals surface area contributed by atoms with Crippen LogP contribution < -0.4 is 5.32 Å². The van der Waals surface area contributed by atoms with Gasteiger partial charge < -0.3 is 24.4 Å². The largest absolute Gasteiger partial charge is 0.381 e. The number of hydrogen-bond donors (Lipinski definition) is 1. The number of rotatable bonds is 46. The molecule has 1 aliphatic heterocycles. The molecule has 0 spiro atoms. The van der Waals surface area contributed by atoms with Crippen LogP contribution in [0, 0.1) is 0 Å². The van der Waals surface area contributed by atoms with Crippen molar-refractivity contribution in [3.63, 3.8) is 0 Å². The Morgan fingerprint density at radius 2 is 1.03 bits per heavy atom. The summed E-state index contributed by atoms with van der Waals surface area (Å²) in [6.07, 6.45) is 60.4. The van der Waals surface area contributed by atoms with Gasteiger partial charge in [0, 0.05) is 51.3 Å². The van der Waals surface area contributed by atoms with Crippen LogP contribution in [0.3, 0.4) is 0 Å². The van der Waals surface area contributed by atoms with Gasteiger partial charge in [-0.25, -0.2) is 0 Å². The Morgan fingerprint density at radius 1 is 0.581 bits per heavy atom. The number of thioether (sulfide) groups is 1. The molecule has 0 aromatic heterocycles. The molecule has 1 fully saturated rings. The molecule has 2 unspecified atom stereocenters. The fourth-order valence-corrected chi connectivity index (χ4v) is 8.62. The van der Waals surface area contributed by atoms with E-state index in [-0.39, 0.29) is 18.1 Å². The lowest BCUT2D eigenvalue weighted by Gasteiger charge is -2.29. The summed E-state index contributed by atoms with van der Waals surface area (Å²) in [7, 11) is 4.32. The van der Waals surface area contributed by atoms with Crippen molar-refractivity contribution in [2.75, 3.05) is 52.4 Å². The highest BCUT2D eigenvalue weighted by molar-refractivity contribution is 7.98. The summed E-state index contributed by atoms with van der Waals surface area (Å²) in [5.41, 5.74) is 0. The summed E-state index contributed by atoms with van der Waals surface area (Å²) in [6.45, 7) is 7.85. The highest BCUT2D eigenvalue weighted by atomic mass is 32.2. The highest BCUT2D eigenvalue weighted by Gasteiger charge is 2.46. The van der Waals surface area contributed by atoms with E-state index < -0.39 is 5.79 Å². The molecule has 1 aliphatic rings. The molecular weight excluding hydrogens is 785 g/mol. The minimum atomic E-state index is -0.447. The molecule has 0 saturated carbocycles. The summed E-state index contributed by atoms with van der Waals surface area (Å²) in [5.74, 6) is 0.625. The summed E-state index contributed by atoms with van der Waals surface area (Å²) >= 11 is 1.72. The summed E-state index contributed by atoms with van der Waals surface area (Å²) in [5, 5.41) is 3.05. The van der Waals surface area contributed by atoms with Crippen molar-refractivity contribution in [2.45, 2.75) is 244 Å². The van der Waals surface area contributed by atoms with Crippen molar-refractivity contribution in [3.05, 3.63) is 48.6 Å². The second kappa shape index (κ2) is 44.8. The first-order valence-corrected chi connectivity index (χ1v) is 27.8. The molecule has 62 heavy (non-hydrogen) atoms. The third-order valence-electron chi connectivity index (χ3n) is 12.1. The number of carbonyl (C=O) groups is 1. The van der Waals surface area contributed by atoms with Crippen LogP contribution in [-0.2, 0) is 19.0 Å². The lowest BCUT2D eigenvalue weighted by molar-refractivity contribution is -0.188. The van der Waals surface area contributed by atoms with Crippen molar-refractivity contribution in [2.24, 2.45) is 0 Å². The second-order valence-corrected chi connectivity index (χ2v) is 19.4. The van der Waals surface area contributed by atoms with E-state index in [1.165, 1.54) is 141 Å². The van der Waals surface area contributed by atoms with Crippen molar-refractivity contribution in [3.8, 4) is 0 Å². The average Bonchev–Trinajstić information content (AvgIpc) is 3.62. The third-order valence-corrected chi connectivity index (χ3v) is 12.8. The van der Waals surface area contributed by atoms with E-state index >= 15 is 0 Å². The van der Waals surface area contributed by atoms with Gasteiger partial charge in [0.25, 0.3) is 0 Å². The Morgan fingerprint density at radius 3 is 1.53 bits per heavy atom. The molecule has 0 aliphatic carbocycles. The molecule has 362 valence electrons. The van der Waals surface area contributed by atoms with Crippen LogP contribution in [0.5, 0.6) is 0 Å². The Labute approximate surface area is 390 Å². The molecule has 1 N–H and O–H groups in total. The van der Waals surface area contributed by atoms with E-state index in [1.54, 1.807) is 11.8 Å². The van der Waals surface area contributed by atoms with Gasteiger partial charge in [-0.2, -0.15) is 11.8 Å². The first kappa shape index (κ1) is 58.6. The van der Waals surface area contributed by atoms with Gasteiger partial charge in [0.05, 0.1) is 12.2 Å². The molecule has 1 heterocycles. The number of allylic oxidation sites excluding steroid dienone is 8. The van der Waals surface area contributed by atoms with Crippen LogP contribution in [0.2, 0.25) is 0 Å². The molecule has 0 aromatic rings. The molecule has 0 radical (unpaired) electrons. The van der Waals surface area contributed by atoms with Crippen molar-refractivity contribution in [1.82, 2.24) is 10.2 Å². The third kappa shape index (κ3) is 36.9. The molecule has 1 amide bonds. The van der Waals surface area contributed by atoms with Gasteiger partial charge in [0.2, 0.25) is 5.91 Å². The lowest BCUT2D eigenvalue weighted by Crippen LogP contribution is -2.31. The molecular formula is C55H102N2O4S. The number of nitrogens with one attached hydrogen (secondary N) is 1. The van der Waals surface area contributed by atoms with Crippen molar-refractivity contribution >= 4 is 17.7 Å². The topological polar surface area (TPSA) is 60.0 Å². The standard InChI is InChI=1S/C55H102N2O4S/c1-6-8-10-12-14-16-18-20-22-24-26-28-30-32-34-38-45-55(46-39-35-33-31-29-27-25-23-21-19-17-15-13-11-9-7-2)60-52(42-48-57(3)4)53(61-55)43-50-59-49-41-37-36-40-47-56-54(58)44-51-62-5/h14-17,20-23,52-53H,6-13,18-19,24-51H2,1-5H3,(H,56,58). The predicted octanol–water partition coefficient (Wildman–Crippen LogP) is 15.7. The van der Waals surface area contributed by atoms with E-state index in [1.807, 2.05) is 6.26 Å². The van der Waals surface area contributed by atoms with E-state index in [0.717, 1.165) is 96.3 Å². The van der Waals surface area contributed by atoms with E-state index in [2.05, 4.69) is 86.8 Å². The zero-order valence-corrected chi connectivity index (χ0v) is 42.4. The normalized spacial score (nSPS) is 18.3. The monoisotopic (exact) mass is 887 g/mol. The zero-order valence-electron chi connectivity index (χ0n) is 41.6. The Kier molecular flexibility index (Phi) is 42.4. The maximum absolute atomic E-state index is 11.8. The number of unbranched alkanes of at least 4 members (excludes halogenated alkanes) is 21. The smallest absolute Gasteiger partial charge is 0.220 e. The number of nitrogens with zero attached hydrogens (tertiary/aromatic N) is 1. The molecule has 2 atom stereocenters. The molecule has 1 saturated heterocycles. The number of amides is 1. The van der Waals surface area contributed by atoms with E-state index in [4.69, 9.17) is 14.2 Å². The molecule has 1 rings (SSSR count). The predicted molar refractivity (Wildman–Crippen MR) is 274 cm³/mol. The minimum Gasteiger partial charge on any atom is -0.381 e. The first-order chi connectivity index (χ1) is 30.5. The Hall–Kier alpha value is -1.38. The van der Waals surface area contributed by atoms with Gasteiger partial charge in [-0.15, -0.1) is 0 Å². The Balaban J connectivity index is 2.54. The molecule has 7 heteroatoms. The number of ether oxygens (including phenoxy) is 3.